The van der Waals surface area contributed by atoms with Crippen LogP contribution in [-0.4, -0.2) is 44.4 Å². The van der Waals surface area contributed by atoms with Gasteiger partial charge in [0.2, 0.25) is 0 Å². The van der Waals surface area contributed by atoms with Crippen LogP contribution in [0.5, 0.6) is 11.5 Å². The van der Waals surface area contributed by atoms with Crippen LogP contribution < -0.4 is 14.8 Å². The number of hydrogen-bond acceptors (Lipinski definition) is 5. The number of fused-ring (bicyclic) bond motifs is 1. The van der Waals surface area contributed by atoms with Gasteiger partial charge in [-0.05, 0) is 49.2 Å². The maximum absolute atomic E-state index is 12.0. The average Bonchev–Trinajstić information content (AvgIpc) is 3.40. The quantitative estimate of drug-likeness (QED) is 0.584. The van der Waals surface area contributed by atoms with Crippen molar-refractivity contribution in [1.29, 1.82) is 0 Å². The Bertz CT molecular complexity index is 1040. The average molecular weight is 415 g/mol. The van der Waals surface area contributed by atoms with Crippen molar-refractivity contribution >= 4 is 28.5 Å². The Morgan fingerprint density at radius 2 is 2.07 bits per heavy atom. The van der Waals surface area contributed by atoms with Crippen LogP contribution in [0.15, 0.2) is 36.5 Å². The number of nitrogens with one attached hydrogen (secondary N) is 2. The molecule has 3 aromatic rings. The fraction of sp³-hybridized carbons (Fsp3) is 0.318. The molecule has 0 saturated carbocycles. The van der Waals surface area contributed by atoms with Gasteiger partial charge in [-0.25, -0.2) is 4.79 Å². The molecule has 1 saturated heterocycles. The number of aromatic nitrogens is 1. The number of carbonyl (C=O) groups excluding carboxylic acids is 1. The summed E-state index contributed by atoms with van der Waals surface area (Å²) in [4.78, 5) is 15.1. The van der Waals surface area contributed by atoms with E-state index in [2.05, 4.69) is 10.3 Å². The molecular weight excluding hydrogens is 392 g/mol. The molecule has 29 heavy (non-hydrogen) atoms. The highest BCUT2D eigenvalue weighted by Gasteiger charge is 2.18. The van der Waals surface area contributed by atoms with E-state index in [0.717, 1.165) is 35.0 Å². The van der Waals surface area contributed by atoms with E-state index in [1.54, 1.807) is 19.4 Å². The second-order valence-corrected chi connectivity index (χ2v) is 7.45. The number of hydrogen-bond donors (Lipinski definition) is 2. The third-order valence-corrected chi connectivity index (χ3v) is 5.56. The summed E-state index contributed by atoms with van der Waals surface area (Å²) in [7, 11) is 2.98. The van der Waals surface area contributed by atoms with Crippen LogP contribution in [0.2, 0.25) is 5.02 Å². The Hall–Kier alpha value is -2.70. The lowest BCUT2D eigenvalue weighted by Crippen LogP contribution is -2.28. The number of methoxy groups -OCH3 is 2. The number of H-pyrrole nitrogens is 1. The lowest BCUT2D eigenvalue weighted by Gasteiger charge is -2.16. The molecule has 4 rings (SSSR count). The molecule has 152 valence electrons. The van der Waals surface area contributed by atoms with Gasteiger partial charge < -0.3 is 24.5 Å². The highest BCUT2D eigenvalue weighted by atomic mass is 35.5. The number of ether oxygens (including phenoxy) is 3. The second-order valence-electron chi connectivity index (χ2n) is 7.04. The zero-order valence-corrected chi connectivity index (χ0v) is 17.1. The molecule has 1 unspecified atom stereocenters. The fourth-order valence-electron chi connectivity index (χ4n) is 3.69. The molecule has 0 bridgehead atoms. The molecule has 2 heterocycles. The van der Waals surface area contributed by atoms with Gasteiger partial charge >= 0.3 is 5.97 Å². The monoisotopic (exact) mass is 414 g/mol. The van der Waals surface area contributed by atoms with Gasteiger partial charge in [-0.1, -0.05) is 17.7 Å². The highest BCUT2D eigenvalue weighted by Crippen LogP contribution is 2.38. The normalized spacial score (nSPS) is 16.2. The maximum atomic E-state index is 12.0. The number of benzene rings is 2. The van der Waals surface area contributed by atoms with Crippen molar-refractivity contribution in [2.75, 3.05) is 27.4 Å². The predicted octanol–water partition coefficient (Wildman–Crippen LogP) is 4.41. The van der Waals surface area contributed by atoms with Crippen LogP contribution in [0, 0.1) is 0 Å². The summed E-state index contributed by atoms with van der Waals surface area (Å²) in [6.07, 6.45) is 3.93. The number of carbonyl (C=O) groups is 1. The van der Waals surface area contributed by atoms with Crippen molar-refractivity contribution in [1.82, 2.24) is 10.3 Å². The summed E-state index contributed by atoms with van der Waals surface area (Å²) in [6, 6.07) is 9.80. The minimum atomic E-state index is -0.397. The summed E-state index contributed by atoms with van der Waals surface area (Å²) >= 11 is 6.53. The number of halogens is 1. The Morgan fingerprint density at radius 1 is 1.21 bits per heavy atom. The largest absolute Gasteiger partial charge is 0.493 e. The van der Waals surface area contributed by atoms with Gasteiger partial charge in [0.25, 0.3) is 0 Å². The van der Waals surface area contributed by atoms with Crippen LogP contribution in [0.1, 0.15) is 23.2 Å². The number of aromatic amines is 1. The van der Waals surface area contributed by atoms with E-state index in [9.17, 15) is 4.79 Å². The van der Waals surface area contributed by atoms with Crippen LogP contribution in [0.25, 0.3) is 22.0 Å². The molecule has 1 atom stereocenters. The highest BCUT2D eigenvalue weighted by molar-refractivity contribution is 6.34. The summed E-state index contributed by atoms with van der Waals surface area (Å²) < 4.78 is 16.4. The van der Waals surface area contributed by atoms with Crippen LogP contribution >= 0.6 is 11.6 Å². The standard InChI is InChI=1S/C22H23ClN2O4/c1-27-21-8-13(5-6-20(21)29-12-14-4-3-7-24-14)15-9-16-17(22(26)28-2)11-25-19(16)10-18(15)23/h5-6,8-11,14,24-25H,3-4,7,12H2,1-2H3. The molecule has 2 aromatic carbocycles. The molecule has 1 aliphatic heterocycles. The molecule has 0 aliphatic carbocycles. The minimum absolute atomic E-state index is 0.376. The van der Waals surface area contributed by atoms with Gasteiger partial charge in [0.05, 0.1) is 24.8 Å². The molecule has 6 nitrogen and oxygen atoms in total. The summed E-state index contributed by atoms with van der Waals surface area (Å²) in [5, 5.41) is 4.74. The minimum Gasteiger partial charge on any atom is -0.493 e. The molecule has 0 amide bonds. The molecule has 2 N–H and O–H groups in total. The molecule has 1 aliphatic rings. The molecule has 1 aromatic heterocycles. The lowest BCUT2D eigenvalue weighted by molar-refractivity contribution is 0.0603. The number of rotatable bonds is 6. The Labute approximate surface area is 174 Å². The van der Waals surface area contributed by atoms with E-state index in [1.165, 1.54) is 13.5 Å². The molecule has 7 heteroatoms. The first-order chi connectivity index (χ1) is 14.1. The molecule has 0 spiro atoms. The molecular formula is C22H23ClN2O4. The SMILES string of the molecule is COC(=O)c1c[nH]c2cc(Cl)c(-c3ccc(OCC4CCCN4)c(OC)c3)cc12. The van der Waals surface area contributed by atoms with Gasteiger partial charge in [-0.15, -0.1) is 0 Å². The second kappa shape index (κ2) is 8.35. The molecule has 0 radical (unpaired) electrons. The third-order valence-electron chi connectivity index (χ3n) is 5.25. The van der Waals surface area contributed by atoms with Crippen molar-refractivity contribution in [2.24, 2.45) is 0 Å². The Balaban J connectivity index is 1.67. The van der Waals surface area contributed by atoms with Gasteiger partial charge in [-0.2, -0.15) is 0 Å². The van der Waals surface area contributed by atoms with Gasteiger partial charge in [0, 0.05) is 28.7 Å². The van der Waals surface area contributed by atoms with Crippen LogP contribution in [0.4, 0.5) is 0 Å². The smallest absolute Gasteiger partial charge is 0.340 e. The van der Waals surface area contributed by atoms with Crippen molar-refractivity contribution in [3.63, 3.8) is 0 Å². The van der Waals surface area contributed by atoms with E-state index in [0.29, 0.717) is 34.7 Å². The van der Waals surface area contributed by atoms with Crippen LogP contribution in [0.3, 0.4) is 0 Å². The van der Waals surface area contributed by atoms with Gasteiger partial charge in [-0.3, -0.25) is 0 Å². The fourth-order valence-corrected chi connectivity index (χ4v) is 3.96. The summed E-state index contributed by atoms with van der Waals surface area (Å²) in [5.41, 5.74) is 2.91. The van der Waals surface area contributed by atoms with E-state index in [1.807, 2.05) is 24.3 Å². The van der Waals surface area contributed by atoms with Gasteiger partial charge in [0.1, 0.15) is 6.61 Å². The van der Waals surface area contributed by atoms with E-state index in [4.69, 9.17) is 25.8 Å². The van der Waals surface area contributed by atoms with Gasteiger partial charge in [0.15, 0.2) is 11.5 Å². The first-order valence-electron chi connectivity index (χ1n) is 9.54. The summed E-state index contributed by atoms with van der Waals surface area (Å²) in [6.45, 7) is 1.64. The Kier molecular flexibility index (Phi) is 5.65. The van der Waals surface area contributed by atoms with E-state index < -0.39 is 5.97 Å². The first-order valence-corrected chi connectivity index (χ1v) is 9.92. The van der Waals surface area contributed by atoms with E-state index in [-0.39, 0.29) is 0 Å². The zero-order valence-electron chi connectivity index (χ0n) is 16.4. The lowest BCUT2D eigenvalue weighted by atomic mass is 10.0. The topological polar surface area (TPSA) is 72.6 Å². The van der Waals surface area contributed by atoms with Crippen molar-refractivity contribution in [3.8, 4) is 22.6 Å². The van der Waals surface area contributed by atoms with Crippen molar-refractivity contribution < 1.29 is 19.0 Å². The Morgan fingerprint density at radius 3 is 2.79 bits per heavy atom. The molecule has 1 fully saturated rings. The maximum Gasteiger partial charge on any atom is 0.340 e. The van der Waals surface area contributed by atoms with Crippen molar-refractivity contribution in [2.45, 2.75) is 18.9 Å². The third kappa shape index (κ3) is 3.91. The zero-order chi connectivity index (χ0) is 20.4. The first kappa shape index (κ1) is 19.6. The van der Waals surface area contributed by atoms with Crippen LogP contribution in [-0.2, 0) is 4.74 Å². The van der Waals surface area contributed by atoms with Crippen molar-refractivity contribution in [3.05, 3.63) is 47.1 Å². The predicted molar refractivity (Wildman–Crippen MR) is 113 cm³/mol. The number of esters is 1. The van der Waals surface area contributed by atoms with E-state index >= 15 is 0 Å². The summed E-state index contributed by atoms with van der Waals surface area (Å²) in [5.74, 6) is 0.935.